The van der Waals surface area contributed by atoms with Crippen LogP contribution in [0.2, 0.25) is 0 Å². The van der Waals surface area contributed by atoms with Crippen LogP contribution in [0.15, 0.2) is 16.8 Å². The molecule has 1 N–H and O–H groups in total. The normalized spacial score (nSPS) is 25.8. The lowest BCUT2D eigenvalue weighted by Gasteiger charge is -2.44. The van der Waals surface area contributed by atoms with E-state index >= 15 is 0 Å². The van der Waals surface area contributed by atoms with E-state index < -0.39 is 0 Å². The number of nitrogens with zero attached hydrogens (tertiary/aromatic N) is 2. The molecule has 16 heavy (non-hydrogen) atoms. The molecule has 1 aromatic rings. The summed E-state index contributed by atoms with van der Waals surface area (Å²) in [6.07, 6.45) is 2.88. The Morgan fingerprint density at radius 3 is 3.06 bits per heavy atom. The summed E-state index contributed by atoms with van der Waals surface area (Å²) >= 11 is 0. The number of rotatable bonds is 3. The molecule has 0 aromatic carbocycles. The molecule has 2 rings (SSSR count). The van der Waals surface area contributed by atoms with Crippen molar-refractivity contribution in [3.05, 3.63) is 18.0 Å². The molecular formula is C12H21N3O. The Balaban J connectivity index is 2.03. The number of piperazine rings is 1. The molecule has 4 nitrogen and oxygen atoms in total. The van der Waals surface area contributed by atoms with Crippen LogP contribution in [-0.2, 0) is 6.54 Å². The molecule has 1 saturated heterocycles. The van der Waals surface area contributed by atoms with Gasteiger partial charge in [-0.2, -0.15) is 0 Å². The molecule has 4 heteroatoms. The fraction of sp³-hybridized carbons (Fsp3) is 0.750. The van der Waals surface area contributed by atoms with Gasteiger partial charge in [-0.15, -0.1) is 0 Å². The summed E-state index contributed by atoms with van der Waals surface area (Å²) in [5.74, 6) is 0.955. The van der Waals surface area contributed by atoms with Crippen LogP contribution in [-0.4, -0.2) is 34.7 Å². The minimum atomic E-state index is 0.186. The van der Waals surface area contributed by atoms with Crippen LogP contribution < -0.4 is 5.32 Å². The van der Waals surface area contributed by atoms with E-state index in [4.69, 9.17) is 4.52 Å². The summed E-state index contributed by atoms with van der Waals surface area (Å²) in [5, 5.41) is 7.34. The summed E-state index contributed by atoms with van der Waals surface area (Å²) in [7, 11) is 0. The minimum absolute atomic E-state index is 0.186. The summed E-state index contributed by atoms with van der Waals surface area (Å²) < 4.78 is 5.19. The second kappa shape index (κ2) is 4.55. The van der Waals surface area contributed by atoms with Crippen LogP contribution in [0.5, 0.6) is 0 Å². The van der Waals surface area contributed by atoms with Crippen LogP contribution in [0.4, 0.5) is 0 Å². The largest absolute Gasteiger partial charge is 0.360 e. The highest BCUT2D eigenvalue weighted by Crippen LogP contribution is 2.19. The van der Waals surface area contributed by atoms with Crippen molar-refractivity contribution in [3.8, 4) is 0 Å². The Morgan fingerprint density at radius 2 is 2.44 bits per heavy atom. The van der Waals surface area contributed by atoms with Crippen LogP contribution in [0.3, 0.4) is 0 Å². The van der Waals surface area contributed by atoms with Crippen LogP contribution in [0, 0.1) is 0 Å². The molecule has 1 fully saturated rings. The van der Waals surface area contributed by atoms with Gasteiger partial charge >= 0.3 is 0 Å². The Kier molecular flexibility index (Phi) is 3.30. The van der Waals surface area contributed by atoms with Crippen molar-refractivity contribution in [2.24, 2.45) is 0 Å². The van der Waals surface area contributed by atoms with E-state index in [0.29, 0.717) is 6.04 Å². The molecule has 1 aromatic heterocycles. The van der Waals surface area contributed by atoms with E-state index in [1.165, 1.54) is 0 Å². The molecule has 0 bridgehead atoms. The zero-order valence-corrected chi connectivity index (χ0v) is 10.4. The standard InChI is InChI=1S/C12H21N3O/c1-4-10-7-13-12(2,3)9-15(10)8-11-5-6-14-16-11/h5-6,10,13H,4,7-9H2,1-3H3. The van der Waals surface area contributed by atoms with E-state index in [9.17, 15) is 0 Å². The fourth-order valence-electron chi connectivity index (χ4n) is 2.33. The van der Waals surface area contributed by atoms with Gasteiger partial charge in [-0.3, -0.25) is 4.90 Å². The maximum Gasteiger partial charge on any atom is 0.150 e. The maximum atomic E-state index is 5.19. The third-order valence-electron chi connectivity index (χ3n) is 3.25. The molecule has 0 amide bonds. The van der Waals surface area contributed by atoms with Crippen molar-refractivity contribution in [2.45, 2.75) is 45.3 Å². The molecule has 1 atom stereocenters. The second-order valence-corrected chi connectivity index (χ2v) is 5.21. The van der Waals surface area contributed by atoms with Gasteiger partial charge in [-0.05, 0) is 20.3 Å². The molecule has 2 heterocycles. The van der Waals surface area contributed by atoms with Crippen LogP contribution in [0.1, 0.15) is 33.0 Å². The summed E-state index contributed by atoms with van der Waals surface area (Å²) in [5.41, 5.74) is 0.186. The first-order valence-corrected chi connectivity index (χ1v) is 5.99. The maximum absolute atomic E-state index is 5.19. The zero-order valence-electron chi connectivity index (χ0n) is 10.4. The number of nitrogens with one attached hydrogen (secondary N) is 1. The predicted molar refractivity (Wildman–Crippen MR) is 63.1 cm³/mol. The lowest BCUT2D eigenvalue weighted by atomic mass is 9.97. The zero-order chi connectivity index (χ0) is 11.6. The predicted octanol–water partition coefficient (Wildman–Crippen LogP) is 1.64. The average molecular weight is 223 g/mol. The SMILES string of the molecule is CCC1CNC(C)(C)CN1Cc1ccno1. The highest BCUT2D eigenvalue weighted by Gasteiger charge is 2.31. The van der Waals surface area contributed by atoms with Gasteiger partial charge in [-0.25, -0.2) is 0 Å². The smallest absolute Gasteiger partial charge is 0.150 e. The molecule has 0 radical (unpaired) electrons. The quantitative estimate of drug-likeness (QED) is 0.845. The van der Waals surface area contributed by atoms with Gasteiger partial charge in [0.15, 0.2) is 5.76 Å². The number of hydrogen-bond donors (Lipinski definition) is 1. The van der Waals surface area contributed by atoms with Crippen molar-refractivity contribution in [2.75, 3.05) is 13.1 Å². The van der Waals surface area contributed by atoms with Crippen molar-refractivity contribution in [1.82, 2.24) is 15.4 Å². The Bertz CT molecular complexity index is 321. The molecule has 0 saturated carbocycles. The molecule has 1 unspecified atom stereocenters. The molecule has 0 aliphatic carbocycles. The van der Waals surface area contributed by atoms with Gasteiger partial charge in [-0.1, -0.05) is 12.1 Å². The topological polar surface area (TPSA) is 41.3 Å². The molecule has 90 valence electrons. The molecule has 1 aliphatic heterocycles. The number of aromatic nitrogens is 1. The van der Waals surface area contributed by atoms with Gasteiger partial charge in [0.1, 0.15) is 0 Å². The monoisotopic (exact) mass is 223 g/mol. The van der Waals surface area contributed by atoms with Crippen molar-refractivity contribution < 1.29 is 4.52 Å². The molecule has 1 aliphatic rings. The Labute approximate surface area is 97.0 Å². The molecular weight excluding hydrogens is 202 g/mol. The van der Waals surface area contributed by atoms with Crippen molar-refractivity contribution >= 4 is 0 Å². The van der Waals surface area contributed by atoms with E-state index in [0.717, 1.165) is 31.8 Å². The first kappa shape index (κ1) is 11.6. The minimum Gasteiger partial charge on any atom is -0.360 e. The lowest BCUT2D eigenvalue weighted by molar-refractivity contribution is 0.0772. The van der Waals surface area contributed by atoms with Crippen LogP contribution in [0.25, 0.3) is 0 Å². The summed E-state index contributed by atoms with van der Waals surface area (Å²) in [4.78, 5) is 2.48. The van der Waals surface area contributed by atoms with Crippen molar-refractivity contribution in [1.29, 1.82) is 0 Å². The first-order valence-electron chi connectivity index (χ1n) is 5.99. The van der Waals surface area contributed by atoms with Gasteiger partial charge in [0.05, 0.1) is 12.7 Å². The van der Waals surface area contributed by atoms with Gasteiger partial charge in [0.2, 0.25) is 0 Å². The van der Waals surface area contributed by atoms with Gasteiger partial charge in [0, 0.05) is 30.7 Å². The summed E-state index contributed by atoms with van der Waals surface area (Å²) in [6, 6.07) is 2.54. The van der Waals surface area contributed by atoms with E-state index in [1.807, 2.05) is 6.07 Å². The molecule has 0 spiro atoms. The first-order chi connectivity index (χ1) is 7.61. The van der Waals surface area contributed by atoms with Gasteiger partial charge in [0.25, 0.3) is 0 Å². The van der Waals surface area contributed by atoms with Gasteiger partial charge < -0.3 is 9.84 Å². The average Bonchev–Trinajstić information content (AvgIpc) is 2.70. The number of hydrogen-bond acceptors (Lipinski definition) is 4. The highest BCUT2D eigenvalue weighted by atomic mass is 16.5. The van der Waals surface area contributed by atoms with Crippen LogP contribution >= 0.6 is 0 Å². The fourth-order valence-corrected chi connectivity index (χ4v) is 2.33. The summed E-state index contributed by atoms with van der Waals surface area (Å²) in [6.45, 7) is 9.68. The Morgan fingerprint density at radius 1 is 1.62 bits per heavy atom. The van der Waals surface area contributed by atoms with E-state index in [-0.39, 0.29) is 5.54 Å². The van der Waals surface area contributed by atoms with E-state index in [1.54, 1.807) is 6.20 Å². The Hall–Kier alpha value is -0.870. The highest BCUT2D eigenvalue weighted by molar-refractivity contribution is 4.98. The van der Waals surface area contributed by atoms with E-state index in [2.05, 4.69) is 36.1 Å². The third kappa shape index (κ3) is 2.62. The third-order valence-corrected chi connectivity index (χ3v) is 3.25. The second-order valence-electron chi connectivity index (χ2n) is 5.21. The lowest BCUT2D eigenvalue weighted by Crippen LogP contribution is -2.60. The van der Waals surface area contributed by atoms with Crippen molar-refractivity contribution in [3.63, 3.8) is 0 Å².